The Kier molecular flexibility index (Phi) is 3.23. The van der Waals surface area contributed by atoms with Crippen molar-refractivity contribution in [3.05, 3.63) is 25.7 Å². The average Bonchev–Trinajstić information content (AvgIpc) is 2.04. The molecular formula is C7H6F2INO2. The Hall–Kier alpha value is -0.660. The van der Waals surface area contributed by atoms with E-state index in [9.17, 15) is 13.6 Å². The normalized spacial score (nSPS) is 10.5. The predicted octanol–water partition coefficient (Wildman–Crippen LogP) is 1.93. The summed E-state index contributed by atoms with van der Waals surface area (Å²) in [5, 5.41) is 0. The van der Waals surface area contributed by atoms with Gasteiger partial charge in [0.2, 0.25) is 0 Å². The highest BCUT2D eigenvalue weighted by atomic mass is 127. The Morgan fingerprint density at radius 2 is 2.23 bits per heavy atom. The van der Waals surface area contributed by atoms with Crippen LogP contribution in [0.4, 0.5) is 8.78 Å². The number of aromatic amines is 1. The van der Waals surface area contributed by atoms with Crippen molar-refractivity contribution in [2.24, 2.45) is 0 Å². The largest absolute Gasteiger partial charge is 0.490 e. The van der Waals surface area contributed by atoms with Gasteiger partial charge in [-0.25, -0.2) is 8.78 Å². The van der Waals surface area contributed by atoms with Gasteiger partial charge in [-0.3, -0.25) is 4.79 Å². The van der Waals surface area contributed by atoms with Gasteiger partial charge in [-0.05, 0) is 22.6 Å². The Morgan fingerprint density at radius 3 is 2.69 bits per heavy atom. The lowest BCUT2D eigenvalue weighted by atomic mass is 10.3. The number of alkyl halides is 2. The molecule has 6 heteroatoms. The maximum Gasteiger partial charge on any atom is 0.291 e. The summed E-state index contributed by atoms with van der Waals surface area (Å²) in [4.78, 5) is 13.2. The Balaban J connectivity index is 3.36. The first-order valence-electron chi connectivity index (χ1n) is 3.31. The number of ether oxygens (including phenoxy) is 1. The van der Waals surface area contributed by atoms with Crippen molar-refractivity contribution >= 4 is 22.6 Å². The topological polar surface area (TPSA) is 42.1 Å². The van der Waals surface area contributed by atoms with Crippen LogP contribution in [0.1, 0.15) is 12.0 Å². The summed E-state index contributed by atoms with van der Waals surface area (Å²) in [5.41, 5.74) is -0.728. The summed E-state index contributed by atoms with van der Waals surface area (Å²) in [6.07, 6.45) is -1.62. The highest BCUT2D eigenvalue weighted by Gasteiger charge is 2.17. The molecular weight excluding hydrogens is 295 g/mol. The maximum atomic E-state index is 12.3. The van der Waals surface area contributed by atoms with Crippen molar-refractivity contribution in [1.29, 1.82) is 0 Å². The molecule has 0 saturated heterocycles. The number of H-pyrrole nitrogens is 1. The third-order valence-corrected chi connectivity index (χ3v) is 2.57. The molecule has 0 amide bonds. The van der Waals surface area contributed by atoms with Crippen LogP contribution < -0.4 is 10.3 Å². The fraction of sp³-hybridized carbons (Fsp3) is 0.286. The average molecular weight is 301 g/mol. The molecule has 3 nitrogen and oxygen atoms in total. The summed E-state index contributed by atoms with van der Waals surface area (Å²) in [6, 6.07) is 0. The smallest absolute Gasteiger partial charge is 0.291 e. The number of nitrogens with one attached hydrogen (secondary N) is 1. The Labute approximate surface area is 86.2 Å². The van der Waals surface area contributed by atoms with E-state index in [0.717, 1.165) is 6.20 Å². The minimum atomic E-state index is -2.61. The molecule has 0 radical (unpaired) electrons. The fourth-order valence-corrected chi connectivity index (χ4v) is 1.70. The zero-order valence-corrected chi connectivity index (χ0v) is 8.76. The lowest BCUT2D eigenvalue weighted by Gasteiger charge is -2.06. The number of rotatable bonds is 2. The van der Waals surface area contributed by atoms with E-state index in [1.54, 1.807) is 22.6 Å². The third kappa shape index (κ3) is 1.98. The number of halogens is 3. The second kappa shape index (κ2) is 4.03. The molecule has 0 aliphatic heterocycles. The second-order valence-electron chi connectivity index (χ2n) is 2.22. The van der Waals surface area contributed by atoms with Crippen molar-refractivity contribution in [3.63, 3.8) is 0 Å². The van der Waals surface area contributed by atoms with E-state index in [-0.39, 0.29) is 14.9 Å². The number of hydrogen-bond acceptors (Lipinski definition) is 2. The molecule has 0 aliphatic carbocycles. The van der Waals surface area contributed by atoms with Crippen molar-refractivity contribution in [1.82, 2.24) is 4.98 Å². The van der Waals surface area contributed by atoms with E-state index in [1.165, 1.54) is 7.11 Å². The molecule has 13 heavy (non-hydrogen) atoms. The zero-order valence-electron chi connectivity index (χ0n) is 6.61. The van der Waals surface area contributed by atoms with Crippen molar-refractivity contribution in [3.8, 4) is 5.75 Å². The first-order chi connectivity index (χ1) is 6.07. The minimum Gasteiger partial charge on any atom is -0.490 e. The molecule has 0 aromatic carbocycles. The first-order valence-corrected chi connectivity index (χ1v) is 4.39. The van der Waals surface area contributed by atoms with E-state index < -0.39 is 12.0 Å². The van der Waals surface area contributed by atoms with Gasteiger partial charge in [0.15, 0.2) is 5.75 Å². The SMILES string of the molecule is COc1c(I)c(C(F)F)c[nH]c1=O. The maximum absolute atomic E-state index is 12.3. The molecule has 0 saturated carbocycles. The van der Waals surface area contributed by atoms with Crippen molar-refractivity contribution in [2.45, 2.75) is 6.43 Å². The van der Waals surface area contributed by atoms with Crippen LogP contribution in [-0.4, -0.2) is 12.1 Å². The standard InChI is InChI=1S/C7H6F2INO2/c1-13-5-4(10)3(6(8)9)2-11-7(5)12/h2,6H,1H3,(H,11,12). The molecule has 0 spiro atoms. The lowest BCUT2D eigenvalue weighted by molar-refractivity contribution is 0.149. The number of hydrogen-bond donors (Lipinski definition) is 1. The van der Waals surface area contributed by atoms with Gasteiger partial charge in [0.05, 0.1) is 16.2 Å². The fourth-order valence-electron chi connectivity index (χ4n) is 0.844. The van der Waals surface area contributed by atoms with Gasteiger partial charge in [0, 0.05) is 6.20 Å². The van der Waals surface area contributed by atoms with E-state index in [1.807, 2.05) is 0 Å². The Bertz CT molecular complexity index is 364. The van der Waals surface area contributed by atoms with Crippen LogP contribution in [0.25, 0.3) is 0 Å². The van der Waals surface area contributed by atoms with E-state index >= 15 is 0 Å². The summed E-state index contributed by atoms with van der Waals surface area (Å²) < 4.78 is 29.4. The quantitative estimate of drug-likeness (QED) is 0.848. The summed E-state index contributed by atoms with van der Waals surface area (Å²) in [7, 11) is 1.27. The summed E-state index contributed by atoms with van der Waals surface area (Å²) >= 11 is 1.66. The first kappa shape index (κ1) is 10.4. The molecule has 0 fully saturated rings. The van der Waals surface area contributed by atoms with Gasteiger partial charge in [-0.15, -0.1) is 0 Å². The second-order valence-corrected chi connectivity index (χ2v) is 3.30. The van der Waals surface area contributed by atoms with Crippen LogP contribution in [0.5, 0.6) is 5.75 Å². The number of methoxy groups -OCH3 is 1. The van der Waals surface area contributed by atoms with Gasteiger partial charge in [-0.2, -0.15) is 0 Å². The van der Waals surface area contributed by atoms with E-state index in [0.29, 0.717) is 0 Å². The van der Waals surface area contributed by atoms with Crippen LogP contribution in [0.3, 0.4) is 0 Å². The van der Waals surface area contributed by atoms with Gasteiger partial charge in [0.1, 0.15) is 0 Å². The molecule has 72 valence electrons. The van der Waals surface area contributed by atoms with Crippen molar-refractivity contribution < 1.29 is 13.5 Å². The Morgan fingerprint density at radius 1 is 1.62 bits per heavy atom. The molecule has 0 bridgehead atoms. The molecule has 0 aliphatic rings. The number of aromatic nitrogens is 1. The molecule has 1 heterocycles. The van der Waals surface area contributed by atoms with Crippen molar-refractivity contribution in [2.75, 3.05) is 7.11 Å². The van der Waals surface area contributed by atoms with Gasteiger partial charge < -0.3 is 9.72 Å². The van der Waals surface area contributed by atoms with Crippen LogP contribution in [0, 0.1) is 3.57 Å². The lowest BCUT2D eigenvalue weighted by Crippen LogP contribution is -2.12. The summed E-state index contributed by atoms with van der Waals surface area (Å²) in [6.45, 7) is 0. The van der Waals surface area contributed by atoms with Crippen LogP contribution in [0.15, 0.2) is 11.0 Å². The molecule has 1 aromatic rings. The third-order valence-electron chi connectivity index (χ3n) is 1.46. The van der Waals surface area contributed by atoms with Gasteiger partial charge >= 0.3 is 0 Å². The van der Waals surface area contributed by atoms with Crippen LogP contribution in [-0.2, 0) is 0 Å². The molecule has 1 rings (SSSR count). The van der Waals surface area contributed by atoms with E-state index in [2.05, 4.69) is 9.72 Å². The highest BCUT2D eigenvalue weighted by molar-refractivity contribution is 14.1. The van der Waals surface area contributed by atoms with Gasteiger partial charge in [0.25, 0.3) is 12.0 Å². The van der Waals surface area contributed by atoms with Crippen LogP contribution >= 0.6 is 22.6 Å². The summed E-state index contributed by atoms with van der Waals surface area (Å²) in [5.74, 6) is -0.0709. The molecule has 1 aromatic heterocycles. The minimum absolute atomic E-state index is 0.0709. The van der Waals surface area contributed by atoms with Crippen LogP contribution in [0.2, 0.25) is 0 Å². The predicted molar refractivity (Wildman–Crippen MR) is 51.3 cm³/mol. The molecule has 0 unspecified atom stereocenters. The monoisotopic (exact) mass is 301 g/mol. The highest BCUT2D eigenvalue weighted by Crippen LogP contribution is 2.27. The van der Waals surface area contributed by atoms with E-state index in [4.69, 9.17) is 0 Å². The zero-order chi connectivity index (χ0) is 10.0. The molecule has 1 N–H and O–H groups in total. The van der Waals surface area contributed by atoms with Gasteiger partial charge in [-0.1, -0.05) is 0 Å². The number of pyridine rings is 1. The molecule has 0 atom stereocenters.